The molecule has 2 atom stereocenters. The zero-order valence-electron chi connectivity index (χ0n) is 8.82. The Morgan fingerprint density at radius 3 is 2.86 bits per heavy atom. The minimum atomic E-state index is 0.316. The Morgan fingerprint density at radius 1 is 1.21 bits per heavy atom. The van der Waals surface area contributed by atoms with Crippen LogP contribution in [0.5, 0.6) is 0 Å². The summed E-state index contributed by atoms with van der Waals surface area (Å²) in [6.07, 6.45) is 6.19. The summed E-state index contributed by atoms with van der Waals surface area (Å²) in [5.74, 6) is 0. The molecule has 2 aliphatic rings. The monoisotopic (exact) mass is 199 g/mol. The fourth-order valence-corrected chi connectivity index (χ4v) is 2.66. The summed E-state index contributed by atoms with van der Waals surface area (Å²) in [4.78, 5) is 2.49. The number of aliphatic hydroxyl groups excluding tert-OH is 1. The second-order valence-corrected chi connectivity index (χ2v) is 4.44. The lowest BCUT2D eigenvalue weighted by Crippen LogP contribution is -2.45. The van der Waals surface area contributed by atoms with Crippen molar-refractivity contribution < 1.29 is 9.84 Å². The predicted molar refractivity (Wildman–Crippen MR) is 55.3 cm³/mol. The lowest BCUT2D eigenvalue weighted by Gasteiger charge is -2.33. The van der Waals surface area contributed by atoms with Crippen molar-refractivity contribution in [3.63, 3.8) is 0 Å². The maximum Gasteiger partial charge on any atom is 0.0622 e. The van der Waals surface area contributed by atoms with Crippen LogP contribution in [0.1, 0.15) is 32.1 Å². The van der Waals surface area contributed by atoms with Crippen LogP contribution in [0.2, 0.25) is 0 Å². The largest absolute Gasteiger partial charge is 0.395 e. The molecule has 3 nitrogen and oxygen atoms in total. The second-order valence-electron chi connectivity index (χ2n) is 4.44. The summed E-state index contributed by atoms with van der Waals surface area (Å²) in [5, 5.41) is 9.36. The Kier molecular flexibility index (Phi) is 3.79. The van der Waals surface area contributed by atoms with E-state index in [9.17, 15) is 5.11 Å². The molecule has 0 radical (unpaired) electrons. The van der Waals surface area contributed by atoms with Gasteiger partial charge in [-0.25, -0.2) is 0 Å². The highest BCUT2D eigenvalue weighted by molar-refractivity contribution is 4.83. The van der Waals surface area contributed by atoms with Crippen molar-refractivity contribution in [3.8, 4) is 0 Å². The lowest BCUT2D eigenvalue weighted by molar-refractivity contribution is 0.0741. The van der Waals surface area contributed by atoms with Gasteiger partial charge in [0.15, 0.2) is 0 Å². The molecule has 3 heteroatoms. The van der Waals surface area contributed by atoms with Gasteiger partial charge in [-0.1, -0.05) is 12.8 Å². The molecule has 82 valence electrons. The molecule has 2 heterocycles. The number of aliphatic hydroxyl groups is 1. The number of rotatable bonds is 2. The number of ether oxygens (including phenoxy) is 1. The van der Waals surface area contributed by atoms with Gasteiger partial charge >= 0.3 is 0 Å². The van der Waals surface area contributed by atoms with E-state index < -0.39 is 0 Å². The van der Waals surface area contributed by atoms with E-state index in [0.717, 1.165) is 32.6 Å². The van der Waals surface area contributed by atoms with Crippen LogP contribution in [0.25, 0.3) is 0 Å². The van der Waals surface area contributed by atoms with Gasteiger partial charge in [0.25, 0.3) is 0 Å². The van der Waals surface area contributed by atoms with Gasteiger partial charge < -0.3 is 9.84 Å². The first kappa shape index (κ1) is 10.4. The Morgan fingerprint density at radius 2 is 2.14 bits per heavy atom. The van der Waals surface area contributed by atoms with Crippen LogP contribution in [0, 0.1) is 0 Å². The van der Waals surface area contributed by atoms with Crippen molar-refractivity contribution in [3.05, 3.63) is 0 Å². The molecule has 2 rings (SSSR count). The van der Waals surface area contributed by atoms with E-state index in [1.54, 1.807) is 0 Å². The average Bonchev–Trinajstić information content (AvgIpc) is 2.63. The molecular formula is C11H21NO2. The zero-order valence-corrected chi connectivity index (χ0v) is 8.82. The van der Waals surface area contributed by atoms with Crippen LogP contribution in [0.15, 0.2) is 0 Å². The maximum absolute atomic E-state index is 9.36. The summed E-state index contributed by atoms with van der Waals surface area (Å²) in [5.41, 5.74) is 0. The Labute approximate surface area is 86.0 Å². The van der Waals surface area contributed by atoms with E-state index in [-0.39, 0.29) is 0 Å². The fraction of sp³-hybridized carbons (Fsp3) is 1.00. The molecule has 2 aliphatic heterocycles. The first-order valence-electron chi connectivity index (χ1n) is 5.86. The smallest absolute Gasteiger partial charge is 0.0622 e. The molecule has 2 fully saturated rings. The normalized spacial score (nSPS) is 35.8. The van der Waals surface area contributed by atoms with Gasteiger partial charge in [-0.3, -0.25) is 4.90 Å². The lowest BCUT2D eigenvalue weighted by atomic mass is 10.1. The molecule has 2 saturated heterocycles. The number of likely N-dealkylation sites (tertiary alicyclic amines) is 1. The van der Waals surface area contributed by atoms with Crippen molar-refractivity contribution in [2.75, 3.05) is 26.4 Å². The Hall–Kier alpha value is -0.120. The first-order chi connectivity index (χ1) is 6.92. The van der Waals surface area contributed by atoms with E-state index in [1.165, 1.54) is 19.3 Å². The molecule has 0 aliphatic carbocycles. The summed E-state index contributed by atoms with van der Waals surface area (Å²) >= 11 is 0. The van der Waals surface area contributed by atoms with Crippen LogP contribution < -0.4 is 0 Å². The van der Waals surface area contributed by atoms with Crippen LogP contribution in [0.3, 0.4) is 0 Å². The van der Waals surface area contributed by atoms with Gasteiger partial charge in [0.2, 0.25) is 0 Å². The second kappa shape index (κ2) is 5.10. The highest BCUT2D eigenvalue weighted by atomic mass is 16.5. The van der Waals surface area contributed by atoms with Gasteiger partial charge in [-0.05, 0) is 25.8 Å². The molecule has 0 spiro atoms. The summed E-state index contributed by atoms with van der Waals surface area (Å²) in [6, 6.07) is 0.967. The third-order valence-corrected chi connectivity index (χ3v) is 3.51. The first-order valence-corrected chi connectivity index (χ1v) is 5.86. The quantitative estimate of drug-likeness (QED) is 0.720. The zero-order chi connectivity index (χ0) is 9.80. The molecule has 0 bridgehead atoms. The van der Waals surface area contributed by atoms with Gasteiger partial charge in [0.1, 0.15) is 0 Å². The molecule has 1 N–H and O–H groups in total. The van der Waals surface area contributed by atoms with Gasteiger partial charge in [-0.2, -0.15) is 0 Å². The van der Waals surface area contributed by atoms with E-state index in [2.05, 4.69) is 4.90 Å². The standard InChI is InChI=1S/C11H21NO2/c13-8-10-4-2-1-3-6-12(10)11-5-7-14-9-11/h10-11,13H,1-9H2. The van der Waals surface area contributed by atoms with Crippen LogP contribution in [-0.2, 0) is 4.74 Å². The van der Waals surface area contributed by atoms with E-state index in [1.807, 2.05) is 0 Å². The highest BCUT2D eigenvalue weighted by Gasteiger charge is 2.29. The minimum Gasteiger partial charge on any atom is -0.395 e. The molecule has 0 amide bonds. The molecule has 14 heavy (non-hydrogen) atoms. The van der Waals surface area contributed by atoms with Crippen molar-refractivity contribution in [2.45, 2.75) is 44.2 Å². The average molecular weight is 199 g/mol. The third-order valence-electron chi connectivity index (χ3n) is 3.51. The molecule has 0 aromatic rings. The van der Waals surface area contributed by atoms with Gasteiger partial charge in [-0.15, -0.1) is 0 Å². The van der Waals surface area contributed by atoms with Gasteiger partial charge in [0, 0.05) is 18.7 Å². The number of hydrogen-bond acceptors (Lipinski definition) is 3. The summed E-state index contributed by atoms with van der Waals surface area (Å²) in [7, 11) is 0. The SMILES string of the molecule is OCC1CCCCCN1C1CCOC1. The molecule has 0 aromatic heterocycles. The predicted octanol–water partition coefficient (Wildman–Crippen LogP) is 1.01. The maximum atomic E-state index is 9.36. The summed E-state index contributed by atoms with van der Waals surface area (Å²) in [6.45, 7) is 3.24. The van der Waals surface area contributed by atoms with Crippen molar-refractivity contribution in [1.29, 1.82) is 0 Å². The Balaban J connectivity index is 1.96. The van der Waals surface area contributed by atoms with Crippen molar-refractivity contribution in [2.24, 2.45) is 0 Å². The number of hydrogen-bond donors (Lipinski definition) is 1. The topological polar surface area (TPSA) is 32.7 Å². The Bertz CT molecular complexity index is 169. The van der Waals surface area contributed by atoms with E-state index in [0.29, 0.717) is 18.7 Å². The minimum absolute atomic E-state index is 0.316. The molecule has 0 aromatic carbocycles. The van der Waals surface area contributed by atoms with Crippen LogP contribution in [-0.4, -0.2) is 48.5 Å². The summed E-state index contributed by atoms with van der Waals surface area (Å²) < 4.78 is 5.42. The van der Waals surface area contributed by atoms with Crippen LogP contribution in [0.4, 0.5) is 0 Å². The highest BCUT2D eigenvalue weighted by Crippen LogP contribution is 2.22. The van der Waals surface area contributed by atoms with Crippen molar-refractivity contribution >= 4 is 0 Å². The molecule has 2 unspecified atom stereocenters. The fourth-order valence-electron chi connectivity index (χ4n) is 2.66. The molecular weight excluding hydrogens is 178 g/mol. The molecule has 0 saturated carbocycles. The van der Waals surface area contributed by atoms with E-state index in [4.69, 9.17) is 4.74 Å². The van der Waals surface area contributed by atoms with Crippen molar-refractivity contribution in [1.82, 2.24) is 4.90 Å². The van der Waals surface area contributed by atoms with E-state index >= 15 is 0 Å². The van der Waals surface area contributed by atoms with Crippen LogP contribution >= 0.6 is 0 Å². The van der Waals surface area contributed by atoms with Gasteiger partial charge in [0.05, 0.1) is 13.2 Å². The third kappa shape index (κ3) is 2.27. The number of nitrogens with zero attached hydrogens (tertiary/aromatic N) is 1.